The summed E-state index contributed by atoms with van der Waals surface area (Å²) in [5.74, 6) is 1.91. The van der Waals surface area contributed by atoms with Crippen molar-refractivity contribution in [1.29, 1.82) is 0 Å². The summed E-state index contributed by atoms with van der Waals surface area (Å²) in [6.07, 6.45) is 6.82. The summed E-state index contributed by atoms with van der Waals surface area (Å²) in [4.78, 5) is 23.8. The van der Waals surface area contributed by atoms with Gasteiger partial charge in [0.15, 0.2) is 0 Å². The van der Waals surface area contributed by atoms with Gasteiger partial charge < -0.3 is 14.6 Å². The Kier molecular flexibility index (Phi) is 3.77. The Morgan fingerprint density at radius 3 is 2.92 bits per heavy atom. The zero-order chi connectivity index (χ0) is 16.8. The van der Waals surface area contributed by atoms with Gasteiger partial charge in [-0.1, -0.05) is 25.0 Å². The zero-order valence-electron chi connectivity index (χ0n) is 14.5. The molecule has 0 radical (unpaired) electrons. The molecule has 2 aliphatic heterocycles. The predicted octanol–water partition coefficient (Wildman–Crippen LogP) is 3.43. The zero-order valence-corrected chi connectivity index (χ0v) is 14.5. The molecule has 1 aliphatic carbocycles. The summed E-state index contributed by atoms with van der Waals surface area (Å²) in [5, 5.41) is 0. The first kappa shape index (κ1) is 15.4. The number of benzene rings is 1. The first-order valence-corrected chi connectivity index (χ1v) is 9.66. The molecule has 0 bridgehead atoms. The van der Waals surface area contributed by atoms with Crippen molar-refractivity contribution in [2.24, 2.45) is 11.8 Å². The molecule has 1 saturated carbocycles. The van der Waals surface area contributed by atoms with Crippen LogP contribution in [-0.2, 0) is 9.53 Å². The van der Waals surface area contributed by atoms with Gasteiger partial charge in [0.25, 0.3) is 0 Å². The standard InChI is InChI=1S/C20H25N3O2/c24-20(14-9-10-25-12-14)23-17-8-4-1-5-13(17)11-18(23)19-21-15-6-2-3-7-16(15)22-19/h2-3,6-7,13-14,17-18H,1,4-5,8-12H2,(H,21,22). The number of fused-ring (bicyclic) bond motifs is 2. The van der Waals surface area contributed by atoms with Crippen molar-refractivity contribution in [3.8, 4) is 0 Å². The van der Waals surface area contributed by atoms with Gasteiger partial charge in [-0.05, 0) is 43.7 Å². The number of nitrogens with zero attached hydrogens (tertiary/aromatic N) is 2. The van der Waals surface area contributed by atoms with Crippen LogP contribution in [0.25, 0.3) is 11.0 Å². The Morgan fingerprint density at radius 2 is 2.08 bits per heavy atom. The van der Waals surface area contributed by atoms with Crippen LogP contribution in [0.2, 0.25) is 0 Å². The molecule has 3 heterocycles. The summed E-state index contributed by atoms with van der Waals surface area (Å²) in [6, 6.07) is 8.62. The highest BCUT2D eigenvalue weighted by atomic mass is 16.5. The van der Waals surface area contributed by atoms with Gasteiger partial charge in [-0.3, -0.25) is 4.79 Å². The van der Waals surface area contributed by atoms with Gasteiger partial charge in [-0.2, -0.15) is 0 Å². The van der Waals surface area contributed by atoms with E-state index in [1.54, 1.807) is 0 Å². The van der Waals surface area contributed by atoms with E-state index in [4.69, 9.17) is 9.72 Å². The minimum Gasteiger partial charge on any atom is -0.381 e. The molecule has 1 amide bonds. The topological polar surface area (TPSA) is 58.2 Å². The van der Waals surface area contributed by atoms with Crippen LogP contribution in [0.4, 0.5) is 0 Å². The third-order valence-corrected chi connectivity index (χ3v) is 6.34. The molecule has 0 spiro atoms. The van der Waals surface area contributed by atoms with Crippen LogP contribution in [0.5, 0.6) is 0 Å². The normalized spacial score (nSPS) is 32.2. The lowest BCUT2D eigenvalue weighted by molar-refractivity contribution is -0.139. The first-order chi connectivity index (χ1) is 12.3. The SMILES string of the molecule is O=C(C1CCOC1)N1C(c2nc3ccccc3[nH]2)CC2CCCCC21. The number of rotatable bonds is 2. The van der Waals surface area contributed by atoms with Crippen molar-refractivity contribution in [3.63, 3.8) is 0 Å². The van der Waals surface area contributed by atoms with Crippen LogP contribution < -0.4 is 0 Å². The van der Waals surface area contributed by atoms with E-state index >= 15 is 0 Å². The minimum absolute atomic E-state index is 0.0348. The second-order valence-corrected chi connectivity index (χ2v) is 7.81. The third kappa shape index (κ3) is 2.56. The van der Waals surface area contributed by atoms with Gasteiger partial charge in [0.05, 0.1) is 29.6 Å². The average Bonchev–Trinajstić information content (AvgIpc) is 3.37. The lowest BCUT2D eigenvalue weighted by Crippen LogP contribution is -2.43. The lowest BCUT2D eigenvalue weighted by Gasteiger charge is -2.35. The van der Waals surface area contributed by atoms with Gasteiger partial charge in [0, 0.05) is 12.6 Å². The van der Waals surface area contributed by atoms with E-state index in [0.29, 0.717) is 25.2 Å². The predicted molar refractivity (Wildman–Crippen MR) is 95.0 cm³/mol. The first-order valence-electron chi connectivity index (χ1n) is 9.66. The van der Waals surface area contributed by atoms with E-state index in [2.05, 4.69) is 16.0 Å². The average molecular weight is 339 g/mol. The van der Waals surface area contributed by atoms with Crippen molar-refractivity contribution in [2.75, 3.05) is 13.2 Å². The Morgan fingerprint density at radius 1 is 1.20 bits per heavy atom. The van der Waals surface area contributed by atoms with E-state index in [9.17, 15) is 4.79 Å². The fraction of sp³-hybridized carbons (Fsp3) is 0.600. The number of amides is 1. The second kappa shape index (κ2) is 6.13. The molecule has 5 nitrogen and oxygen atoms in total. The summed E-state index contributed by atoms with van der Waals surface area (Å²) in [5.41, 5.74) is 2.05. The Hall–Kier alpha value is -1.88. The van der Waals surface area contributed by atoms with Crippen molar-refractivity contribution < 1.29 is 9.53 Å². The van der Waals surface area contributed by atoms with E-state index in [0.717, 1.165) is 36.1 Å². The number of aromatic amines is 1. The van der Waals surface area contributed by atoms with E-state index in [-0.39, 0.29) is 17.9 Å². The number of aromatic nitrogens is 2. The number of nitrogens with one attached hydrogen (secondary N) is 1. The second-order valence-electron chi connectivity index (χ2n) is 7.81. The number of hydrogen-bond acceptors (Lipinski definition) is 3. The number of likely N-dealkylation sites (tertiary alicyclic amines) is 1. The number of carbonyl (C=O) groups excluding carboxylic acids is 1. The molecule has 3 fully saturated rings. The van der Waals surface area contributed by atoms with Crippen molar-refractivity contribution in [2.45, 2.75) is 50.6 Å². The van der Waals surface area contributed by atoms with Gasteiger partial charge in [-0.25, -0.2) is 4.98 Å². The van der Waals surface area contributed by atoms with Gasteiger partial charge in [0.1, 0.15) is 5.82 Å². The number of hydrogen-bond donors (Lipinski definition) is 1. The van der Waals surface area contributed by atoms with Crippen LogP contribution >= 0.6 is 0 Å². The maximum atomic E-state index is 13.3. The molecule has 4 atom stereocenters. The maximum Gasteiger partial charge on any atom is 0.228 e. The molecule has 1 aromatic heterocycles. The Labute approximate surface area is 147 Å². The van der Waals surface area contributed by atoms with Crippen molar-refractivity contribution >= 4 is 16.9 Å². The highest BCUT2D eigenvalue weighted by Gasteiger charge is 2.47. The van der Waals surface area contributed by atoms with Crippen LogP contribution in [0.3, 0.4) is 0 Å². The van der Waals surface area contributed by atoms with Crippen LogP contribution in [-0.4, -0.2) is 40.0 Å². The fourth-order valence-electron chi connectivity index (χ4n) is 5.09. The van der Waals surface area contributed by atoms with Gasteiger partial charge >= 0.3 is 0 Å². The van der Waals surface area contributed by atoms with E-state index in [1.165, 1.54) is 19.3 Å². The van der Waals surface area contributed by atoms with Gasteiger partial charge in [-0.15, -0.1) is 0 Å². The molecular formula is C20H25N3O2. The molecule has 5 heteroatoms. The maximum absolute atomic E-state index is 13.3. The fourth-order valence-corrected chi connectivity index (χ4v) is 5.09. The molecule has 132 valence electrons. The van der Waals surface area contributed by atoms with Crippen LogP contribution in [0, 0.1) is 11.8 Å². The van der Waals surface area contributed by atoms with Crippen LogP contribution in [0.15, 0.2) is 24.3 Å². The highest BCUT2D eigenvalue weighted by molar-refractivity contribution is 5.81. The molecule has 2 aromatic rings. The largest absolute Gasteiger partial charge is 0.381 e. The molecule has 25 heavy (non-hydrogen) atoms. The Balaban J connectivity index is 1.51. The van der Waals surface area contributed by atoms with Crippen LogP contribution in [0.1, 0.15) is 50.4 Å². The summed E-state index contributed by atoms with van der Waals surface area (Å²) >= 11 is 0. The van der Waals surface area contributed by atoms with Crippen molar-refractivity contribution in [3.05, 3.63) is 30.1 Å². The number of imidazole rings is 1. The smallest absolute Gasteiger partial charge is 0.228 e. The molecule has 2 saturated heterocycles. The minimum atomic E-state index is 0.0348. The molecule has 4 unspecified atom stereocenters. The van der Waals surface area contributed by atoms with Gasteiger partial charge in [0.2, 0.25) is 5.91 Å². The summed E-state index contributed by atoms with van der Waals surface area (Å²) in [6.45, 7) is 1.30. The monoisotopic (exact) mass is 339 g/mol. The number of para-hydroxylation sites is 2. The highest BCUT2D eigenvalue weighted by Crippen LogP contribution is 2.46. The Bertz CT molecular complexity index is 747. The lowest BCUT2D eigenvalue weighted by atomic mass is 9.84. The third-order valence-electron chi connectivity index (χ3n) is 6.34. The van der Waals surface area contributed by atoms with Crippen molar-refractivity contribution in [1.82, 2.24) is 14.9 Å². The number of carbonyl (C=O) groups is 1. The summed E-state index contributed by atoms with van der Waals surface area (Å²) < 4.78 is 5.49. The molecular weight excluding hydrogens is 314 g/mol. The quantitative estimate of drug-likeness (QED) is 0.912. The molecule has 1 N–H and O–H groups in total. The van der Waals surface area contributed by atoms with E-state index < -0.39 is 0 Å². The molecule has 3 aliphatic rings. The number of H-pyrrole nitrogens is 1. The summed E-state index contributed by atoms with van der Waals surface area (Å²) in [7, 11) is 0. The number of ether oxygens (including phenoxy) is 1. The molecule has 5 rings (SSSR count). The van der Waals surface area contributed by atoms with E-state index in [1.807, 2.05) is 18.2 Å². The molecule has 1 aromatic carbocycles.